The Labute approximate surface area is 270 Å². The number of rotatable bonds is 16. The Bertz CT molecular complexity index is 1430. The largest absolute Gasteiger partial charge is 0.361 e. The van der Waals surface area contributed by atoms with E-state index >= 15 is 0 Å². The van der Waals surface area contributed by atoms with E-state index in [0.717, 1.165) is 5.56 Å². The van der Waals surface area contributed by atoms with E-state index in [1.165, 1.54) is 6.92 Å². The predicted octanol–water partition coefficient (Wildman–Crippen LogP) is 4.31. The molecule has 0 saturated carbocycles. The lowest BCUT2D eigenvalue weighted by Gasteiger charge is -2.27. The van der Waals surface area contributed by atoms with Gasteiger partial charge in [0, 0.05) is 43.0 Å². The van der Waals surface area contributed by atoms with Gasteiger partial charge in [-0.1, -0.05) is 44.2 Å². The van der Waals surface area contributed by atoms with Crippen molar-refractivity contribution in [2.45, 2.75) is 90.3 Å². The molecule has 0 unspecified atom stereocenters. The highest BCUT2D eigenvalue weighted by Gasteiger charge is 2.50. The van der Waals surface area contributed by atoms with Crippen molar-refractivity contribution in [3.63, 3.8) is 0 Å². The van der Waals surface area contributed by atoms with Gasteiger partial charge in [0.25, 0.3) is 5.91 Å². The molecule has 10 heteroatoms. The van der Waals surface area contributed by atoms with Crippen molar-refractivity contribution in [1.82, 2.24) is 10.2 Å². The molecule has 0 aliphatic carbocycles. The summed E-state index contributed by atoms with van der Waals surface area (Å²) in [4.78, 5) is 79.3. The number of nitrogens with one attached hydrogen (secondary N) is 2. The number of carbonyl (C=O) groups is 6. The van der Waals surface area contributed by atoms with Crippen molar-refractivity contribution >= 4 is 40.8 Å². The first-order chi connectivity index (χ1) is 21.9. The van der Waals surface area contributed by atoms with Crippen LogP contribution >= 0.6 is 0 Å². The van der Waals surface area contributed by atoms with Crippen molar-refractivity contribution in [2.75, 3.05) is 18.5 Å². The summed E-state index contributed by atoms with van der Waals surface area (Å²) in [6, 6.07) is 14.5. The second kappa shape index (κ2) is 15.4. The molecule has 2 N–H and O–H groups in total. The van der Waals surface area contributed by atoms with Gasteiger partial charge in [-0.25, -0.2) is 0 Å². The fraction of sp³-hybridized carbons (Fsp3) is 0.500. The average molecular weight is 632 g/mol. The van der Waals surface area contributed by atoms with Crippen LogP contribution in [-0.4, -0.2) is 70.8 Å². The zero-order valence-corrected chi connectivity index (χ0v) is 27.2. The Kier molecular flexibility index (Phi) is 11.6. The third-order valence-electron chi connectivity index (χ3n) is 8.62. The molecule has 2 aromatic carbocycles. The molecule has 0 spiro atoms. The molecule has 10 nitrogen and oxygen atoms in total. The van der Waals surface area contributed by atoms with Gasteiger partial charge >= 0.3 is 0 Å². The maximum atomic E-state index is 13.9. The third-order valence-corrected chi connectivity index (χ3v) is 8.62. The number of hydrogen-bond acceptors (Lipinski definition) is 7. The van der Waals surface area contributed by atoms with Crippen molar-refractivity contribution in [1.29, 1.82) is 0 Å². The highest BCUT2D eigenvalue weighted by Crippen LogP contribution is 2.30. The van der Waals surface area contributed by atoms with Gasteiger partial charge in [-0.05, 0) is 75.3 Å². The standard InChI is InChI=1S/C36H45N3O7/c1-23(2)19-29(33(43)36(4)22-46-36)38-35(45)27(21-31(41)30-11-8-18-39(30)32(42)17-12-24(3)40)20-25-13-15-28(16-14-25)37-34(44)26-9-6-5-7-10-26/h5-7,9-10,13-16,23,27,29-30H,8,11-12,17-22H2,1-4H3,(H,37,44)(H,38,45)/t27-,29+,30+,36-/m1/s1. The Morgan fingerprint density at radius 1 is 0.978 bits per heavy atom. The van der Waals surface area contributed by atoms with Crippen molar-refractivity contribution in [3.8, 4) is 0 Å². The predicted molar refractivity (Wildman–Crippen MR) is 173 cm³/mol. The first-order valence-electron chi connectivity index (χ1n) is 16.1. The number of ketones is 3. The van der Waals surface area contributed by atoms with Crippen LogP contribution in [0, 0.1) is 11.8 Å². The second-order valence-electron chi connectivity index (χ2n) is 13.1. The van der Waals surface area contributed by atoms with E-state index in [1.807, 2.05) is 19.9 Å². The van der Waals surface area contributed by atoms with Gasteiger partial charge in [0.2, 0.25) is 11.8 Å². The van der Waals surface area contributed by atoms with Gasteiger partial charge in [-0.3, -0.25) is 24.0 Å². The summed E-state index contributed by atoms with van der Waals surface area (Å²) in [5.74, 6) is -2.06. The molecule has 0 radical (unpaired) electrons. The number of likely N-dealkylation sites (tertiary alicyclic amines) is 1. The maximum Gasteiger partial charge on any atom is 0.255 e. The molecule has 46 heavy (non-hydrogen) atoms. The minimum absolute atomic E-state index is 0.0516. The number of nitrogens with zero attached hydrogens (tertiary/aromatic N) is 1. The zero-order valence-electron chi connectivity index (χ0n) is 27.2. The molecule has 0 aromatic heterocycles. The van der Waals surface area contributed by atoms with Gasteiger partial charge in [0.1, 0.15) is 11.4 Å². The number of epoxide rings is 1. The highest BCUT2D eigenvalue weighted by atomic mass is 16.6. The number of Topliss-reactive ketones (excluding diaryl/α,β-unsaturated/α-hetero) is 3. The van der Waals surface area contributed by atoms with Crippen molar-refractivity contribution in [3.05, 3.63) is 65.7 Å². The number of amides is 3. The maximum absolute atomic E-state index is 13.9. The average Bonchev–Trinajstić information content (AvgIpc) is 3.58. The van der Waals surface area contributed by atoms with Crippen LogP contribution in [0.25, 0.3) is 0 Å². The van der Waals surface area contributed by atoms with E-state index < -0.39 is 29.5 Å². The van der Waals surface area contributed by atoms with Crippen LogP contribution in [0.15, 0.2) is 54.6 Å². The van der Waals surface area contributed by atoms with E-state index in [2.05, 4.69) is 10.6 Å². The Balaban J connectivity index is 1.51. The molecule has 4 atom stereocenters. The molecule has 2 aliphatic rings. The molecule has 2 aliphatic heterocycles. The first-order valence-corrected chi connectivity index (χ1v) is 16.1. The van der Waals surface area contributed by atoms with E-state index in [4.69, 9.17) is 4.74 Å². The van der Waals surface area contributed by atoms with E-state index in [-0.39, 0.29) is 60.8 Å². The summed E-state index contributed by atoms with van der Waals surface area (Å²) >= 11 is 0. The normalized spacial score (nSPS) is 20.1. The van der Waals surface area contributed by atoms with Gasteiger partial charge in [-0.2, -0.15) is 0 Å². The summed E-state index contributed by atoms with van der Waals surface area (Å²) < 4.78 is 5.38. The number of anilines is 1. The van der Waals surface area contributed by atoms with Crippen LogP contribution < -0.4 is 10.6 Å². The fourth-order valence-corrected chi connectivity index (χ4v) is 5.88. The number of ether oxygens (including phenoxy) is 1. The van der Waals surface area contributed by atoms with E-state index in [1.54, 1.807) is 60.4 Å². The number of hydrogen-bond donors (Lipinski definition) is 2. The van der Waals surface area contributed by atoms with Gasteiger partial charge < -0.3 is 25.1 Å². The molecule has 2 aromatic rings. The van der Waals surface area contributed by atoms with Crippen LogP contribution in [0.5, 0.6) is 0 Å². The topological polar surface area (TPSA) is 142 Å². The molecule has 246 valence electrons. The molecular weight excluding hydrogens is 586 g/mol. The zero-order chi connectivity index (χ0) is 33.4. The third kappa shape index (κ3) is 9.42. The second-order valence-corrected chi connectivity index (χ2v) is 13.1. The van der Waals surface area contributed by atoms with Crippen LogP contribution in [0.4, 0.5) is 5.69 Å². The van der Waals surface area contributed by atoms with Crippen LogP contribution in [-0.2, 0) is 35.1 Å². The molecule has 2 fully saturated rings. The Hall–Kier alpha value is -4.18. The molecule has 4 rings (SSSR count). The summed E-state index contributed by atoms with van der Waals surface area (Å²) in [5, 5.41) is 5.80. The minimum Gasteiger partial charge on any atom is -0.361 e. The monoisotopic (exact) mass is 631 g/mol. The SMILES string of the molecule is CC(=O)CCC(=O)N1CCC[C@H]1C(=O)C[C@@H](Cc1ccc(NC(=O)c2ccccc2)cc1)C(=O)N[C@@H](CC(C)C)C(=O)[C@@]1(C)CO1. The lowest BCUT2D eigenvalue weighted by molar-refractivity contribution is -0.139. The molecule has 2 saturated heterocycles. The fourth-order valence-electron chi connectivity index (χ4n) is 5.88. The number of benzene rings is 2. The summed E-state index contributed by atoms with van der Waals surface area (Å²) in [5.41, 5.74) is 0.970. The summed E-state index contributed by atoms with van der Waals surface area (Å²) in [6.45, 7) is 7.83. The first kappa shape index (κ1) is 34.7. The molecule has 0 bridgehead atoms. The lowest BCUT2D eigenvalue weighted by Crippen LogP contribution is -2.49. The van der Waals surface area contributed by atoms with Gasteiger partial charge in [-0.15, -0.1) is 0 Å². The molecule has 3 amide bonds. The Morgan fingerprint density at radius 2 is 1.65 bits per heavy atom. The van der Waals surface area contributed by atoms with Crippen molar-refractivity contribution in [2.24, 2.45) is 11.8 Å². The van der Waals surface area contributed by atoms with E-state index in [9.17, 15) is 28.8 Å². The minimum atomic E-state index is -0.914. The smallest absolute Gasteiger partial charge is 0.255 e. The summed E-state index contributed by atoms with van der Waals surface area (Å²) in [6.07, 6.45) is 1.87. The van der Waals surface area contributed by atoms with Crippen LogP contribution in [0.3, 0.4) is 0 Å². The number of carbonyl (C=O) groups excluding carboxylic acids is 6. The van der Waals surface area contributed by atoms with E-state index in [0.29, 0.717) is 43.7 Å². The van der Waals surface area contributed by atoms with Gasteiger partial charge in [0.05, 0.1) is 18.7 Å². The highest BCUT2D eigenvalue weighted by molar-refractivity contribution is 6.04. The van der Waals surface area contributed by atoms with Crippen molar-refractivity contribution < 1.29 is 33.5 Å². The van der Waals surface area contributed by atoms with Crippen LogP contribution in [0.2, 0.25) is 0 Å². The lowest BCUT2D eigenvalue weighted by atomic mass is 9.88. The van der Waals surface area contributed by atoms with Crippen LogP contribution in [0.1, 0.15) is 82.1 Å². The summed E-state index contributed by atoms with van der Waals surface area (Å²) in [7, 11) is 0. The Morgan fingerprint density at radius 3 is 2.26 bits per heavy atom. The quantitative estimate of drug-likeness (QED) is 0.263. The van der Waals surface area contributed by atoms with Gasteiger partial charge in [0.15, 0.2) is 11.6 Å². The molecule has 2 heterocycles. The molecular formula is C36H45N3O7.